The van der Waals surface area contributed by atoms with Crippen molar-refractivity contribution < 1.29 is 0 Å². The lowest BCUT2D eigenvalue weighted by Gasteiger charge is -2.02. The van der Waals surface area contributed by atoms with Crippen LogP contribution < -0.4 is 5.43 Å². The molecular weight excluding hydrogens is 430 g/mol. The van der Waals surface area contributed by atoms with Gasteiger partial charge in [-0.05, 0) is 56.7 Å². The zero-order chi connectivity index (χ0) is 13.0. The van der Waals surface area contributed by atoms with Crippen LogP contribution >= 0.6 is 50.1 Å². The van der Waals surface area contributed by atoms with Crippen LogP contribution in [0.2, 0.25) is 5.02 Å². The monoisotopic (exact) mass is 436 g/mol. The second-order valence-electron chi connectivity index (χ2n) is 3.24. The summed E-state index contributed by atoms with van der Waals surface area (Å²) in [4.78, 5) is 8.19. The average molecular weight is 437 g/mol. The average Bonchev–Trinajstić information content (AvgIpc) is 2.37. The summed E-state index contributed by atoms with van der Waals surface area (Å²) in [7, 11) is 0. The van der Waals surface area contributed by atoms with Crippen molar-refractivity contribution in [2.45, 2.75) is 0 Å². The van der Waals surface area contributed by atoms with Gasteiger partial charge < -0.3 is 0 Å². The summed E-state index contributed by atoms with van der Waals surface area (Å²) in [6.07, 6.45) is 5.03. The molecule has 0 aliphatic carbocycles. The molecule has 1 N–H and O–H groups in total. The van der Waals surface area contributed by atoms with Crippen LogP contribution in [-0.4, -0.2) is 16.2 Å². The smallest absolute Gasteiger partial charge is 0.166 e. The standard InChI is InChI=1S/C11H7BrClIN4/c12-9-2-1-7(5-16-9)6-17-18-11-10(13)8(14)3-4-15-11/h1-6H,(H,15,18). The van der Waals surface area contributed by atoms with Gasteiger partial charge in [-0.3, -0.25) is 5.43 Å². The number of halogens is 3. The number of hydrogen-bond donors (Lipinski definition) is 1. The summed E-state index contributed by atoms with van der Waals surface area (Å²) in [5.74, 6) is 0.532. The van der Waals surface area contributed by atoms with E-state index in [1.54, 1.807) is 18.6 Å². The van der Waals surface area contributed by atoms with Gasteiger partial charge in [0.05, 0.1) is 11.2 Å². The maximum Gasteiger partial charge on any atom is 0.166 e. The molecule has 0 aliphatic rings. The van der Waals surface area contributed by atoms with Gasteiger partial charge in [0.2, 0.25) is 0 Å². The predicted octanol–water partition coefficient (Wildman–Crippen LogP) is 3.94. The highest BCUT2D eigenvalue weighted by Crippen LogP contribution is 2.24. The molecule has 0 fully saturated rings. The lowest BCUT2D eigenvalue weighted by Crippen LogP contribution is -1.95. The number of nitrogens with zero attached hydrogens (tertiary/aromatic N) is 3. The van der Waals surface area contributed by atoms with E-state index in [1.807, 2.05) is 18.2 Å². The van der Waals surface area contributed by atoms with Crippen LogP contribution in [0.15, 0.2) is 40.3 Å². The van der Waals surface area contributed by atoms with Crippen molar-refractivity contribution in [1.82, 2.24) is 9.97 Å². The Bertz CT molecular complexity index is 574. The SMILES string of the molecule is Clc1c(I)ccnc1NN=Cc1ccc(Br)nc1. The van der Waals surface area contributed by atoms with Crippen LogP contribution in [0.3, 0.4) is 0 Å². The zero-order valence-corrected chi connectivity index (χ0v) is 13.4. The highest BCUT2D eigenvalue weighted by atomic mass is 127. The number of aromatic nitrogens is 2. The van der Waals surface area contributed by atoms with Crippen LogP contribution in [0.1, 0.15) is 5.56 Å². The zero-order valence-electron chi connectivity index (χ0n) is 8.94. The minimum Gasteiger partial charge on any atom is -0.260 e. The number of anilines is 1. The van der Waals surface area contributed by atoms with Crippen molar-refractivity contribution in [2.75, 3.05) is 5.43 Å². The Hall–Kier alpha value is -0.730. The largest absolute Gasteiger partial charge is 0.260 e. The predicted molar refractivity (Wildman–Crippen MR) is 85.1 cm³/mol. The molecule has 0 saturated heterocycles. The quantitative estimate of drug-likeness (QED) is 0.343. The Morgan fingerprint density at radius 3 is 2.89 bits per heavy atom. The van der Waals surface area contributed by atoms with E-state index in [9.17, 15) is 0 Å². The van der Waals surface area contributed by atoms with Crippen LogP contribution in [0.25, 0.3) is 0 Å². The number of pyridine rings is 2. The lowest BCUT2D eigenvalue weighted by molar-refractivity contribution is 1.22. The fourth-order valence-corrected chi connectivity index (χ4v) is 1.93. The first-order chi connectivity index (χ1) is 8.66. The van der Waals surface area contributed by atoms with Gasteiger partial charge in [0.15, 0.2) is 5.82 Å². The molecule has 2 aromatic heterocycles. The summed E-state index contributed by atoms with van der Waals surface area (Å²) < 4.78 is 1.71. The maximum atomic E-state index is 6.07. The molecule has 92 valence electrons. The molecule has 0 saturated carbocycles. The molecule has 0 atom stereocenters. The minimum absolute atomic E-state index is 0.532. The molecule has 4 nitrogen and oxygen atoms in total. The van der Waals surface area contributed by atoms with Crippen LogP contribution in [0.4, 0.5) is 5.82 Å². The van der Waals surface area contributed by atoms with E-state index in [2.05, 4.69) is 59.0 Å². The minimum atomic E-state index is 0.532. The van der Waals surface area contributed by atoms with Gasteiger partial charge in [-0.2, -0.15) is 5.10 Å². The first-order valence-electron chi connectivity index (χ1n) is 4.87. The molecule has 2 rings (SSSR count). The van der Waals surface area contributed by atoms with Gasteiger partial charge in [-0.1, -0.05) is 11.6 Å². The van der Waals surface area contributed by atoms with Crippen molar-refractivity contribution in [3.05, 3.63) is 49.4 Å². The Balaban J connectivity index is 2.07. The van der Waals surface area contributed by atoms with Crippen LogP contribution in [0, 0.1) is 3.57 Å². The first-order valence-corrected chi connectivity index (χ1v) is 7.12. The molecule has 0 bridgehead atoms. The summed E-state index contributed by atoms with van der Waals surface area (Å²) in [5, 5.41) is 4.62. The topological polar surface area (TPSA) is 50.2 Å². The molecule has 18 heavy (non-hydrogen) atoms. The second-order valence-corrected chi connectivity index (χ2v) is 5.59. The number of nitrogens with one attached hydrogen (secondary N) is 1. The summed E-state index contributed by atoms with van der Waals surface area (Å²) in [6.45, 7) is 0. The van der Waals surface area contributed by atoms with Crippen molar-refractivity contribution in [3.8, 4) is 0 Å². The van der Waals surface area contributed by atoms with E-state index in [4.69, 9.17) is 11.6 Å². The Morgan fingerprint density at radius 1 is 1.33 bits per heavy atom. The van der Waals surface area contributed by atoms with E-state index >= 15 is 0 Å². The molecule has 0 unspecified atom stereocenters. The molecule has 7 heteroatoms. The third-order valence-electron chi connectivity index (χ3n) is 1.98. The molecule has 2 aromatic rings. The van der Waals surface area contributed by atoms with E-state index in [0.29, 0.717) is 10.8 Å². The van der Waals surface area contributed by atoms with E-state index < -0.39 is 0 Å². The second kappa shape index (κ2) is 6.44. The van der Waals surface area contributed by atoms with Crippen LogP contribution in [0.5, 0.6) is 0 Å². The molecule has 0 amide bonds. The van der Waals surface area contributed by atoms with Gasteiger partial charge in [0.1, 0.15) is 4.60 Å². The van der Waals surface area contributed by atoms with E-state index in [-0.39, 0.29) is 0 Å². The van der Waals surface area contributed by atoms with Gasteiger partial charge in [-0.15, -0.1) is 0 Å². The van der Waals surface area contributed by atoms with Crippen molar-refractivity contribution in [2.24, 2.45) is 5.10 Å². The summed E-state index contributed by atoms with van der Waals surface area (Å²) in [5.41, 5.74) is 3.68. The Kier molecular flexibility index (Phi) is 4.90. The van der Waals surface area contributed by atoms with E-state index in [1.165, 1.54) is 0 Å². The number of hydrazone groups is 1. The first kappa shape index (κ1) is 13.7. The third kappa shape index (κ3) is 3.63. The fraction of sp³-hybridized carbons (Fsp3) is 0. The highest BCUT2D eigenvalue weighted by molar-refractivity contribution is 14.1. The van der Waals surface area contributed by atoms with Gasteiger partial charge in [0, 0.05) is 21.5 Å². The van der Waals surface area contributed by atoms with Crippen molar-refractivity contribution in [1.29, 1.82) is 0 Å². The van der Waals surface area contributed by atoms with E-state index in [0.717, 1.165) is 13.7 Å². The molecule has 2 heterocycles. The van der Waals surface area contributed by atoms with Gasteiger partial charge >= 0.3 is 0 Å². The van der Waals surface area contributed by atoms with Crippen molar-refractivity contribution in [3.63, 3.8) is 0 Å². The molecule has 0 aliphatic heterocycles. The molecule has 0 radical (unpaired) electrons. The molecule has 0 spiro atoms. The normalized spacial score (nSPS) is 10.8. The molecular formula is C11H7BrClIN4. The Morgan fingerprint density at radius 2 is 2.17 bits per heavy atom. The fourth-order valence-electron chi connectivity index (χ4n) is 1.13. The summed E-state index contributed by atoms with van der Waals surface area (Å²) in [6, 6.07) is 5.57. The molecule has 0 aromatic carbocycles. The van der Waals surface area contributed by atoms with Gasteiger partial charge in [0.25, 0.3) is 0 Å². The third-order valence-corrected chi connectivity index (χ3v) is 4.05. The Labute approximate surface area is 131 Å². The number of rotatable bonds is 3. The van der Waals surface area contributed by atoms with Gasteiger partial charge in [-0.25, -0.2) is 9.97 Å². The maximum absolute atomic E-state index is 6.07. The lowest BCUT2D eigenvalue weighted by atomic mass is 10.3. The van der Waals surface area contributed by atoms with Crippen LogP contribution in [-0.2, 0) is 0 Å². The number of hydrogen-bond acceptors (Lipinski definition) is 4. The highest BCUT2D eigenvalue weighted by Gasteiger charge is 2.03. The van der Waals surface area contributed by atoms with Crippen molar-refractivity contribution >= 4 is 62.2 Å². The summed E-state index contributed by atoms with van der Waals surface area (Å²) >= 11 is 11.5.